The van der Waals surface area contributed by atoms with Gasteiger partial charge in [0.15, 0.2) is 0 Å². The number of hydrogen-bond donors (Lipinski definition) is 1. The molecule has 0 radical (unpaired) electrons. The molecular weight excluding hydrogens is 344 g/mol. The first-order valence-electron chi connectivity index (χ1n) is 9.10. The first-order chi connectivity index (χ1) is 13.1. The molecule has 1 aromatic carbocycles. The zero-order valence-electron chi connectivity index (χ0n) is 15.6. The summed E-state index contributed by atoms with van der Waals surface area (Å²) < 4.78 is 3.35. The largest absolute Gasteiger partial charge is 0.322 e. The molecule has 142 valence electrons. The molecule has 3 aromatic rings. The number of rotatable bonds is 8. The minimum Gasteiger partial charge on any atom is -0.322 e. The summed E-state index contributed by atoms with van der Waals surface area (Å²) in [6.45, 7) is 7.97. The fraction of sp³-hybridized carbons (Fsp3) is 0.368. The van der Waals surface area contributed by atoms with E-state index in [1.54, 1.807) is 24.4 Å². The molecule has 0 unspecified atom stereocenters. The highest BCUT2D eigenvalue weighted by molar-refractivity contribution is 5.91. The second kappa shape index (κ2) is 8.59. The monoisotopic (exact) mass is 368 g/mol. The molecule has 0 atom stereocenters. The van der Waals surface area contributed by atoms with Crippen molar-refractivity contribution < 1.29 is 4.79 Å². The number of carbonyl (C=O) groups excluding carboxylic acids is 1. The molecule has 3 rings (SSSR count). The van der Waals surface area contributed by atoms with Crippen molar-refractivity contribution in [1.29, 1.82) is 0 Å². The Hall–Kier alpha value is -3.00. The van der Waals surface area contributed by atoms with Gasteiger partial charge in [0.1, 0.15) is 6.54 Å². The summed E-state index contributed by atoms with van der Waals surface area (Å²) in [6, 6.07) is 7.12. The lowest BCUT2D eigenvalue weighted by molar-refractivity contribution is -0.116. The zero-order chi connectivity index (χ0) is 19.2. The molecule has 0 aliphatic rings. The van der Waals surface area contributed by atoms with Crippen LogP contribution in [0.15, 0.2) is 47.7 Å². The van der Waals surface area contributed by atoms with Gasteiger partial charge in [0.05, 0.1) is 30.1 Å². The molecule has 2 heterocycles. The molecule has 0 fully saturated rings. The van der Waals surface area contributed by atoms with Crippen LogP contribution < -0.4 is 10.7 Å². The van der Waals surface area contributed by atoms with Gasteiger partial charge in [-0.3, -0.25) is 19.0 Å². The van der Waals surface area contributed by atoms with E-state index in [1.807, 2.05) is 16.9 Å². The number of benzene rings is 1. The van der Waals surface area contributed by atoms with Crippen LogP contribution in [0.2, 0.25) is 0 Å². The summed E-state index contributed by atoms with van der Waals surface area (Å²) in [5.41, 5.74) is 1.12. The van der Waals surface area contributed by atoms with Crippen molar-refractivity contribution in [1.82, 2.24) is 24.5 Å². The van der Waals surface area contributed by atoms with Crippen LogP contribution in [-0.2, 0) is 17.9 Å². The third kappa shape index (κ3) is 4.59. The Morgan fingerprint density at radius 2 is 1.93 bits per heavy atom. The maximum absolute atomic E-state index is 12.4. The Kier molecular flexibility index (Phi) is 5.97. The maximum Gasteiger partial charge on any atom is 0.246 e. The summed E-state index contributed by atoms with van der Waals surface area (Å²) in [6.07, 6.45) is 4.69. The number of amides is 1. The first kappa shape index (κ1) is 18.8. The quantitative estimate of drug-likeness (QED) is 0.652. The molecule has 27 heavy (non-hydrogen) atoms. The van der Waals surface area contributed by atoms with E-state index < -0.39 is 0 Å². The molecule has 8 nitrogen and oxygen atoms in total. The van der Waals surface area contributed by atoms with Gasteiger partial charge in [0, 0.05) is 18.1 Å². The third-order valence-electron chi connectivity index (χ3n) is 4.51. The lowest BCUT2D eigenvalue weighted by atomic mass is 10.2. The van der Waals surface area contributed by atoms with Gasteiger partial charge in [-0.25, -0.2) is 0 Å². The average molecular weight is 368 g/mol. The van der Waals surface area contributed by atoms with Gasteiger partial charge in [0.25, 0.3) is 0 Å². The smallest absolute Gasteiger partial charge is 0.246 e. The van der Waals surface area contributed by atoms with Gasteiger partial charge in [-0.2, -0.15) is 10.2 Å². The zero-order valence-corrected chi connectivity index (χ0v) is 15.6. The maximum atomic E-state index is 12.4. The fourth-order valence-corrected chi connectivity index (χ4v) is 2.96. The predicted octanol–water partition coefficient (Wildman–Crippen LogP) is 1.57. The second-order valence-corrected chi connectivity index (χ2v) is 6.25. The minimum atomic E-state index is -0.223. The normalized spacial score (nSPS) is 11.2. The van der Waals surface area contributed by atoms with Crippen LogP contribution in [0, 0.1) is 0 Å². The summed E-state index contributed by atoms with van der Waals surface area (Å²) in [5, 5.41) is 11.7. The van der Waals surface area contributed by atoms with Gasteiger partial charge in [0.2, 0.25) is 11.3 Å². The number of nitrogens with one attached hydrogen (secondary N) is 1. The van der Waals surface area contributed by atoms with E-state index in [9.17, 15) is 9.59 Å². The first-order valence-corrected chi connectivity index (χ1v) is 9.10. The molecule has 0 saturated carbocycles. The van der Waals surface area contributed by atoms with Crippen molar-refractivity contribution in [2.45, 2.75) is 26.9 Å². The molecule has 0 aliphatic heterocycles. The van der Waals surface area contributed by atoms with Crippen LogP contribution in [0.5, 0.6) is 0 Å². The topological polar surface area (TPSA) is 85.0 Å². The molecule has 8 heteroatoms. The van der Waals surface area contributed by atoms with Gasteiger partial charge >= 0.3 is 0 Å². The van der Waals surface area contributed by atoms with E-state index in [0.717, 1.165) is 26.2 Å². The Bertz CT molecular complexity index is 973. The van der Waals surface area contributed by atoms with Crippen molar-refractivity contribution in [2.75, 3.05) is 25.0 Å². The second-order valence-electron chi connectivity index (χ2n) is 6.25. The Morgan fingerprint density at radius 1 is 1.15 bits per heavy atom. The lowest BCUT2D eigenvalue weighted by Gasteiger charge is -2.17. The van der Waals surface area contributed by atoms with E-state index in [2.05, 4.69) is 34.3 Å². The highest BCUT2D eigenvalue weighted by Gasteiger charge is 2.09. The van der Waals surface area contributed by atoms with Gasteiger partial charge < -0.3 is 10.2 Å². The van der Waals surface area contributed by atoms with Crippen LogP contribution in [-0.4, -0.2) is 50.0 Å². The van der Waals surface area contributed by atoms with Crippen molar-refractivity contribution in [3.8, 4) is 0 Å². The molecule has 0 aliphatic carbocycles. The van der Waals surface area contributed by atoms with Crippen LogP contribution in [0.3, 0.4) is 0 Å². The number of anilines is 1. The predicted molar refractivity (Wildman–Crippen MR) is 105 cm³/mol. The van der Waals surface area contributed by atoms with E-state index >= 15 is 0 Å². The van der Waals surface area contributed by atoms with Crippen LogP contribution in [0.1, 0.15) is 13.8 Å². The van der Waals surface area contributed by atoms with Crippen LogP contribution in [0.25, 0.3) is 10.9 Å². The third-order valence-corrected chi connectivity index (χ3v) is 4.51. The average Bonchev–Trinajstić information content (AvgIpc) is 3.12. The van der Waals surface area contributed by atoms with Gasteiger partial charge in [-0.1, -0.05) is 26.0 Å². The highest BCUT2D eigenvalue weighted by atomic mass is 16.2. The molecule has 1 N–H and O–H groups in total. The Labute approximate surface area is 157 Å². The van der Waals surface area contributed by atoms with Gasteiger partial charge in [-0.15, -0.1) is 0 Å². The minimum absolute atomic E-state index is 0.0193. The summed E-state index contributed by atoms with van der Waals surface area (Å²) in [7, 11) is 0. The highest BCUT2D eigenvalue weighted by Crippen LogP contribution is 2.09. The Balaban J connectivity index is 1.64. The number of fused-ring (bicyclic) bond motifs is 1. The summed E-state index contributed by atoms with van der Waals surface area (Å²) in [4.78, 5) is 26.6. The fourth-order valence-electron chi connectivity index (χ4n) is 2.96. The van der Waals surface area contributed by atoms with Crippen molar-refractivity contribution in [3.05, 3.63) is 53.1 Å². The molecule has 0 spiro atoms. The van der Waals surface area contributed by atoms with Crippen molar-refractivity contribution >= 4 is 22.5 Å². The number of carbonyl (C=O) groups is 1. The Morgan fingerprint density at radius 3 is 2.70 bits per heavy atom. The molecule has 1 amide bonds. The SMILES string of the molecule is CCN(CC)CCn1cc(NC(=O)Cn2ncc(=O)c3ccccc32)cn1. The molecular formula is C19H24N6O2. The van der Waals surface area contributed by atoms with E-state index in [4.69, 9.17) is 0 Å². The van der Waals surface area contributed by atoms with Crippen molar-refractivity contribution in [2.24, 2.45) is 0 Å². The molecule has 0 saturated heterocycles. The van der Waals surface area contributed by atoms with Crippen LogP contribution >= 0.6 is 0 Å². The van der Waals surface area contributed by atoms with Crippen LogP contribution in [0.4, 0.5) is 5.69 Å². The van der Waals surface area contributed by atoms with Gasteiger partial charge in [-0.05, 0) is 25.2 Å². The van der Waals surface area contributed by atoms with Crippen molar-refractivity contribution in [3.63, 3.8) is 0 Å². The lowest BCUT2D eigenvalue weighted by Crippen LogP contribution is -2.27. The molecule has 2 aromatic heterocycles. The number of likely N-dealkylation sites (N-methyl/N-ethyl adjacent to an activating group) is 1. The number of nitrogens with zero attached hydrogens (tertiary/aromatic N) is 5. The van der Waals surface area contributed by atoms with E-state index in [0.29, 0.717) is 16.6 Å². The number of aromatic nitrogens is 4. The summed E-state index contributed by atoms with van der Waals surface area (Å²) in [5.74, 6) is -0.223. The summed E-state index contributed by atoms with van der Waals surface area (Å²) >= 11 is 0. The van der Waals surface area contributed by atoms with E-state index in [-0.39, 0.29) is 17.9 Å². The molecule has 0 bridgehead atoms. The van der Waals surface area contributed by atoms with E-state index in [1.165, 1.54) is 10.9 Å². The standard InChI is InChI=1S/C19H24N6O2/c1-3-23(4-2)9-10-24-13-15(11-20-24)22-19(27)14-25-17-8-6-5-7-16(17)18(26)12-21-25/h5-8,11-13H,3-4,9-10,14H2,1-2H3,(H,22,27). The number of para-hydroxylation sites is 1. The number of hydrogen-bond acceptors (Lipinski definition) is 5.